The van der Waals surface area contributed by atoms with Crippen LogP contribution in [0.15, 0.2) is 18.2 Å². The first kappa shape index (κ1) is 10.9. The number of amides is 1. The van der Waals surface area contributed by atoms with Crippen molar-refractivity contribution >= 4 is 11.6 Å². The van der Waals surface area contributed by atoms with E-state index in [9.17, 15) is 4.79 Å². The lowest BCUT2D eigenvalue weighted by atomic mass is 10.1. The van der Waals surface area contributed by atoms with Gasteiger partial charge < -0.3 is 20.5 Å². The van der Waals surface area contributed by atoms with Gasteiger partial charge in [0.2, 0.25) is 5.91 Å². The summed E-state index contributed by atoms with van der Waals surface area (Å²) in [5.74, 6) is 0.491. The van der Waals surface area contributed by atoms with Crippen LogP contribution in [0.4, 0.5) is 5.69 Å². The van der Waals surface area contributed by atoms with Crippen molar-refractivity contribution in [1.29, 1.82) is 0 Å². The summed E-state index contributed by atoms with van der Waals surface area (Å²) in [5, 5.41) is 8.90. The molecule has 5 nitrogen and oxygen atoms in total. The molecule has 0 saturated carbocycles. The molecule has 1 aromatic carbocycles. The van der Waals surface area contributed by atoms with Crippen LogP contribution in [0.3, 0.4) is 0 Å². The van der Waals surface area contributed by atoms with Gasteiger partial charge in [0.1, 0.15) is 11.8 Å². The molecule has 1 amide bonds. The van der Waals surface area contributed by atoms with Gasteiger partial charge >= 0.3 is 0 Å². The molecule has 0 aliphatic carbocycles. The van der Waals surface area contributed by atoms with Crippen LogP contribution in [0.25, 0.3) is 0 Å². The molecule has 0 aromatic heterocycles. The number of carbonyl (C=O) groups excluding carboxylic acids is 1. The topological polar surface area (TPSA) is 75.8 Å². The van der Waals surface area contributed by atoms with E-state index >= 15 is 0 Å². The first-order chi connectivity index (χ1) is 7.69. The molecule has 0 saturated heterocycles. The van der Waals surface area contributed by atoms with E-state index in [1.165, 1.54) is 4.90 Å². The van der Waals surface area contributed by atoms with Crippen LogP contribution in [0, 0.1) is 0 Å². The smallest absolute Gasteiger partial charge is 0.248 e. The predicted molar refractivity (Wildman–Crippen MR) is 59.4 cm³/mol. The fraction of sp³-hybridized carbons (Fsp3) is 0.364. The summed E-state index contributed by atoms with van der Waals surface area (Å²) < 4.78 is 5.08. The Morgan fingerprint density at radius 2 is 2.31 bits per heavy atom. The van der Waals surface area contributed by atoms with Gasteiger partial charge in [-0.2, -0.15) is 0 Å². The Labute approximate surface area is 93.4 Å². The van der Waals surface area contributed by atoms with Crippen molar-refractivity contribution in [1.82, 2.24) is 0 Å². The Morgan fingerprint density at radius 1 is 1.56 bits per heavy atom. The van der Waals surface area contributed by atoms with Gasteiger partial charge in [-0.05, 0) is 18.2 Å². The summed E-state index contributed by atoms with van der Waals surface area (Å²) in [4.78, 5) is 13.3. The average Bonchev–Trinajstić information content (AvgIpc) is 2.54. The highest BCUT2D eigenvalue weighted by molar-refractivity contribution is 6.04. The van der Waals surface area contributed by atoms with Gasteiger partial charge in [0.05, 0.1) is 13.7 Å². The summed E-state index contributed by atoms with van der Waals surface area (Å²) in [6, 6.07) is 4.66. The number of hydrogen-bond donors (Lipinski definition) is 2. The quantitative estimate of drug-likeness (QED) is 0.756. The Kier molecular flexibility index (Phi) is 2.80. The number of fused-ring (bicyclic) bond motifs is 1. The van der Waals surface area contributed by atoms with E-state index in [-0.39, 0.29) is 19.1 Å². The number of rotatable bonds is 3. The molecule has 0 fully saturated rings. The third-order valence-electron chi connectivity index (χ3n) is 2.72. The number of ether oxygens (including phenoxy) is 1. The van der Waals surface area contributed by atoms with Crippen LogP contribution in [0.1, 0.15) is 11.6 Å². The molecule has 0 radical (unpaired) electrons. The van der Waals surface area contributed by atoms with E-state index in [0.717, 1.165) is 11.3 Å². The largest absolute Gasteiger partial charge is 0.497 e. The lowest BCUT2D eigenvalue weighted by Crippen LogP contribution is -2.33. The number of nitrogens with two attached hydrogens (primary N) is 1. The first-order valence-electron chi connectivity index (χ1n) is 5.04. The van der Waals surface area contributed by atoms with Crippen molar-refractivity contribution in [2.45, 2.75) is 6.04 Å². The zero-order valence-electron chi connectivity index (χ0n) is 9.01. The summed E-state index contributed by atoms with van der Waals surface area (Å²) in [6.45, 7) is 0.190. The number of β-amino-alcohol motifs (C(OH)–C–C–N with tert-alkyl or cyclic N) is 1. The summed E-state index contributed by atoms with van der Waals surface area (Å²) in [7, 11) is 1.56. The van der Waals surface area contributed by atoms with E-state index in [1.807, 2.05) is 0 Å². The lowest BCUT2D eigenvalue weighted by molar-refractivity contribution is -0.119. The Hall–Kier alpha value is -1.59. The fourth-order valence-electron chi connectivity index (χ4n) is 1.90. The summed E-state index contributed by atoms with van der Waals surface area (Å²) in [5.41, 5.74) is 7.31. The lowest BCUT2D eigenvalue weighted by Gasteiger charge is -2.15. The third kappa shape index (κ3) is 1.54. The number of aliphatic hydroxyl groups is 1. The molecule has 2 rings (SSSR count). The normalized spacial score (nSPS) is 18.8. The number of methoxy groups -OCH3 is 1. The van der Waals surface area contributed by atoms with Gasteiger partial charge in [-0.15, -0.1) is 0 Å². The molecule has 1 unspecified atom stereocenters. The van der Waals surface area contributed by atoms with Gasteiger partial charge in [-0.25, -0.2) is 0 Å². The molecule has 1 atom stereocenters. The highest BCUT2D eigenvalue weighted by atomic mass is 16.5. The summed E-state index contributed by atoms with van der Waals surface area (Å²) >= 11 is 0. The van der Waals surface area contributed by atoms with Gasteiger partial charge in [-0.1, -0.05) is 0 Å². The monoisotopic (exact) mass is 222 g/mol. The third-order valence-corrected chi connectivity index (χ3v) is 2.72. The SMILES string of the molecule is COc1ccc2c(c1)C(N)C(=O)N2CCO. The molecule has 5 heteroatoms. The second kappa shape index (κ2) is 4.11. The predicted octanol–water partition coefficient (Wildman–Crippen LogP) is 0.0339. The number of anilines is 1. The number of carbonyl (C=O) groups is 1. The van der Waals surface area contributed by atoms with Gasteiger partial charge in [0.15, 0.2) is 0 Å². The minimum absolute atomic E-state index is 0.0794. The van der Waals surface area contributed by atoms with Crippen molar-refractivity contribution in [3.8, 4) is 5.75 Å². The molecule has 16 heavy (non-hydrogen) atoms. The van der Waals surface area contributed by atoms with Crippen molar-refractivity contribution in [2.24, 2.45) is 5.73 Å². The zero-order valence-corrected chi connectivity index (χ0v) is 9.01. The maximum Gasteiger partial charge on any atom is 0.248 e. The molecule has 3 N–H and O–H groups in total. The second-order valence-electron chi connectivity index (χ2n) is 3.62. The zero-order chi connectivity index (χ0) is 11.7. The van der Waals surface area contributed by atoms with Gasteiger partial charge in [0.25, 0.3) is 0 Å². The van der Waals surface area contributed by atoms with E-state index in [4.69, 9.17) is 15.6 Å². The van der Waals surface area contributed by atoms with Gasteiger partial charge in [-0.3, -0.25) is 4.79 Å². The van der Waals surface area contributed by atoms with Crippen molar-refractivity contribution in [3.63, 3.8) is 0 Å². The Morgan fingerprint density at radius 3 is 2.94 bits per heavy atom. The maximum atomic E-state index is 11.8. The standard InChI is InChI=1S/C11H14N2O3/c1-16-7-2-3-9-8(6-7)10(12)11(15)13(9)4-5-14/h2-3,6,10,14H,4-5,12H2,1H3. The number of benzene rings is 1. The first-order valence-corrected chi connectivity index (χ1v) is 5.04. The van der Waals surface area contributed by atoms with Crippen molar-refractivity contribution < 1.29 is 14.6 Å². The van der Waals surface area contributed by atoms with E-state index in [0.29, 0.717) is 5.75 Å². The number of nitrogens with zero attached hydrogens (tertiary/aromatic N) is 1. The van der Waals surface area contributed by atoms with Crippen LogP contribution in [-0.2, 0) is 4.79 Å². The molecule has 0 spiro atoms. The number of aliphatic hydroxyl groups excluding tert-OH is 1. The van der Waals surface area contributed by atoms with E-state index in [2.05, 4.69) is 0 Å². The minimum Gasteiger partial charge on any atom is -0.497 e. The highest BCUT2D eigenvalue weighted by Crippen LogP contribution is 2.36. The Balaban J connectivity index is 2.43. The highest BCUT2D eigenvalue weighted by Gasteiger charge is 2.34. The molecular weight excluding hydrogens is 208 g/mol. The van der Waals surface area contributed by atoms with Crippen LogP contribution < -0.4 is 15.4 Å². The molecule has 0 bridgehead atoms. The molecule has 86 valence electrons. The molecule has 1 aliphatic rings. The average molecular weight is 222 g/mol. The molecule has 1 aliphatic heterocycles. The molecule has 1 heterocycles. The minimum atomic E-state index is -0.656. The van der Waals surface area contributed by atoms with E-state index < -0.39 is 6.04 Å². The fourth-order valence-corrected chi connectivity index (χ4v) is 1.90. The summed E-state index contributed by atoms with van der Waals surface area (Å²) in [6.07, 6.45) is 0. The Bertz CT molecular complexity index is 420. The molecular formula is C11H14N2O3. The van der Waals surface area contributed by atoms with Gasteiger partial charge in [0, 0.05) is 17.8 Å². The number of hydrogen-bond acceptors (Lipinski definition) is 4. The van der Waals surface area contributed by atoms with Crippen LogP contribution in [0.2, 0.25) is 0 Å². The molecule has 1 aromatic rings. The second-order valence-corrected chi connectivity index (χ2v) is 3.62. The van der Waals surface area contributed by atoms with Crippen LogP contribution in [0.5, 0.6) is 5.75 Å². The van der Waals surface area contributed by atoms with Crippen molar-refractivity contribution in [3.05, 3.63) is 23.8 Å². The van der Waals surface area contributed by atoms with Crippen molar-refractivity contribution in [2.75, 3.05) is 25.2 Å². The maximum absolute atomic E-state index is 11.8. The van der Waals surface area contributed by atoms with E-state index in [1.54, 1.807) is 25.3 Å². The van der Waals surface area contributed by atoms with Crippen LogP contribution in [-0.4, -0.2) is 31.3 Å². The van der Waals surface area contributed by atoms with Crippen LogP contribution >= 0.6 is 0 Å².